The molecular weight excluding hydrogens is 335 g/mol. The smallest absolute Gasteiger partial charge is 0.132 e. The predicted molar refractivity (Wildman–Crippen MR) is 87.4 cm³/mol. The second-order valence-electron chi connectivity index (χ2n) is 6.70. The van der Waals surface area contributed by atoms with Crippen LogP contribution in [-0.4, -0.2) is 6.61 Å². The quantitative estimate of drug-likeness (QED) is 0.653. The van der Waals surface area contributed by atoms with Crippen LogP contribution in [0.15, 0.2) is 18.2 Å². The van der Waals surface area contributed by atoms with Gasteiger partial charge in [-0.1, -0.05) is 40.7 Å². The second-order valence-corrected chi connectivity index (χ2v) is 7.86. The van der Waals surface area contributed by atoms with Crippen molar-refractivity contribution in [3.8, 4) is 5.75 Å². The molecule has 18 heavy (non-hydrogen) atoms. The molecule has 0 radical (unpaired) electrons. The Hall–Kier alpha value is -0.250. The Balaban J connectivity index is 2.99. The van der Waals surface area contributed by atoms with Gasteiger partial charge in [0.2, 0.25) is 0 Å². The van der Waals surface area contributed by atoms with Gasteiger partial charge < -0.3 is 4.74 Å². The van der Waals surface area contributed by atoms with Crippen molar-refractivity contribution in [3.63, 3.8) is 0 Å². The Morgan fingerprint density at radius 1 is 1.11 bits per heavy atom. The van der Waals surface area contributed by atoms with Crippen molar-refractivity contribution in [2.45, 2.75) is 53.4 Å². The maximum absolute atomic E-state index is 5.60. The summed E-state index contributed by atoms with van der Waals surface area (Å²) in [7, 11) is 0. The molecule has 2 heteroatoms. The van der Waals surface area contributed by atoms with Crippen LogP contribution in [-0.2, 0) is 5.41 Å². The van der Waals surface area contributed by atoms with Gasteiger partial charge in [-0.15, -0.1) is 0 Å². The van der Waals surface area contributed by atoms with Crippen LogP contribution >= 0.6 is 22.6 Å². The fourth-order valence-corrected chi connectivity index (χ4v) is 3.29. The molecule has 0 aliphatic heterocycles. The number of rotatable bonds is 4. The average molecular weight is 360 g/mol. The lowest BCUT2D eigenvalue weighted by molar-refractivity contribution is 0.283. The first-order valence-electron chi connectivity index (χ1n) is 6.58. The highest BCUT2D eigenvalue weighted by Crippen LogP contribution is 2.37. The van der Waals surface area contributed by atoms with Crippen LogP contribution in [0.25, 0.3) is 0 Å². The summed E-state index contributed by atoms with van der Waals surface area (Å²) < 4.78 is 6.80. The van der Waals surface area contributed by atoms with E-state index in [9.17, 15) is 0 Å². The van der Waals surface area contributed by atoms with Crippen molar-refractivity contribution in [2.75, 3.05) is 6.61 Å². The lowest BCUT2D eigenvalue weighted by atomic mass is 9.72. The SMILES string of the molecule is CCOc1ccc(C(C)(C)CC(C)(C)C)cc1I. The highest BCUT2D eigenvalue weighted by molar-refractivity contribution is 14.1. The zero-order valence-electron chi connectivity index (χ0n) is 12.4. The molecule has 0 atom stereocenters. The third-order valence-corrected chi connectivity index (χ3v) is 3.83. The Morgan fingerprint density at radius 2 is 1.72 bits per heavy atom. The molecule has 1 nitrogen and oxygen atoms in total. The highest BCUT2D eigenvalue weighted by Gasteiger charge is 2.27. The molecule has 1 aromatic carbocycles. The summed E-state index contributed by atoms with van der Waals surface area (Å²) in [6.07, 6.45) is 1.17. The largest absolute Gasteiger partial charge is 0.493 e. The summed E-state index contributed by atoms with van der Waals surface area (Å²) in [4.78, 5) is 0. The lowest BCUT2D eigenvalue weighted by Crippen LogP contribution is -2.24. The van der Waals surface area contributed by atoms with E-state index in [4.69, 9.17) is 4.74 Å². The average Bonchev–Trinajstić information content (AvgIpc) is 2.17. The second kappa shape index (κ2) is 5.81. The first-order chi connectivity index (χ1) is 8.15. The van der Waals surface area contributed by atoms with Crippen molar-refractivity contribution in [2.24, 2.45) is 5.41 Å². The standard InChI is InChI=1S/C16H25IO/c1-7-18-14-9-8-12(10-13(14)17)16(5,6)11-15(2,3)4/h8-10H,7,11H2,1-6H3. The van der Waals surface area contributed by atoms with E-state index in [0.29, 0.717) is 5.41 Å². The van der Waals surface area contributed by atoms with Gasteiger partial charge in [0, 0.05) is 0 Å². The number of benzene rings is 1. The summed E-state index contributed by atoms with van der Waals surface area (Å²) >= 11 is 2.36. The van der Waals surface area contributed by atoms with Crippen LogP contribution in [0.5, 0.6) is 5.75 Å². The van der Waals surface area contributed by atoms with Crippen molar-refractivity contribution < 1.29 is 4.74 Å². The van der Waals surface area contributed by atoms with Gasteiger partial charge in [0.15, 0.2) is 0 Å². The number of hydrogen-bond acceptors (Lipinski definition) is 1. The Kier molecular flexibility index (Phi) is 5.10. The summed E-state index contributed by atoms with van der Waals surface area (Å²) in [6.45, 7) is 14.3. The van der Waals surface area contributed by atoms with Gasteiger partial charge in [-0.05, 0) is 64.5 Å². The topological polar surface area (TPSA) is 9.23 Å². The molecule has 1 aromatic rings. The van der Waals surface area contributed by atoms with Crippen LogP contribution in [0.2, 0.25) is 0 Å². The molecule has 1 rings (SSSR count). The Morgan fingerprint density at radius 3 is 2.17 bits per heavy atom. The van der Waals surface area contributed by atoms with E-state index in [0.717, 1.165) is 12.4 Å². The van der Waals surface area contributed by atoms with Crippen molar-refractivity contribution >= 4 is 22.6 Å². The molecule has 0 saturated heterocycles. The molecule has 0 spiro atoms. The minimum atomic E-state index is 0.197. The third-order valence-electron chi connectivity index (χ3n) is 2.99. The fraction of sp³-hybridized carbons (Fsp3) is 0.625. The summed E-state index contributed by atoms with van der Waals surface area (Å²) in [6, 6.07) is 6.57. The fourth-order valence-electron chi connectivity index (χ4n) is 2.62. The Bertz CT molecular complexity index is 402. The molecule has 0 unspecified atom stereocenters. The predicted octanol–water partition coefficient (Wildman–Crippen LogP) is 5.40. The monoisotopic (exact) mass is 360 g/mol. The van der Waals surface area contributed by atoms with Crippen molar-refractivity contribution in [3.05, 3.63) is 27.3 Å². The van der Waals surface area contributed by atoms with E-state index in [1.54, 1.807) is 0 Å². The van der Waals surface area contributed by atoms with Gasteiger partial charge in [-0.2, -0.15) is 0 Å². The molecule has 0 amide bonds. The maximum atomic E-state index is 5.60. The van der Waals surface area contributed by atoms with Crippen LogP contribution in [0, 0.1) is 8.99 Å². The van der Waals surface area contributed by atoms with E-state index < -0.39 is 0 Å². The van der Waals surface area contributed by atoms with E-state index in [1.165, 1.54) is 15.6 Å². The first-order valence-corrected chi connectivity index (χ1v) is 7.66. The number of hydrogen-bond donors (Lipinski definition) is 0. The molecule has 0 heterocycles. The van der Waals surface area contributed by atoms with Gasteiger partial charge in [0.05, 0.1) is 10.2 Å². The molecule has 0 fully saturated rings. The molecular formula is C16H25IO. The summed E-state index contributed by atoms with van der Waals surface area (Å²) in [5.74, 6) is 0.994. The molecule has 102 valence electrons. The zero-order chi connectivity index (χ0) is 14.0. The van der Waals surface area contributed by atoms with E-state index >= 15 is 0 Å². The van der Waals surface area contributed by atoms with E-state index in [2.05, 4.69) is 75.4 Å². The van der Waals surface area contributed by atoms with Crippen LogP contribution in [0.3, 0.4) is 0 Å². The maximum Gasteiger partial charge on any atom is 0.132 e. The van der Waals surface area contributed by atoms with Crippen LogP contribution < -0.4 is 4.74 Å². The van der Waals surface area contributed by atoms with Gasteiger partial charge in [0.1, 0.15) is 5.75 Å². The Labute approximate surface area is 125 Å². The van der Waals surface area contributed by atoms with Gasteiger partial charge in [0.25, 0.3) is 0 Å². The summed E-state index contributed by atoms with van der Waals surface area (Å²) in [5, 5.41) is 0. The van der Waals surface area contributed by atoms with Crippen molar-refractivity contribution in [1.82, 2.24) is 0 Å². The highest BCUT2D eigenvalue weighted by atomic mass is 127. The van der Waals surface area contributed by atoms with Crippen molar-refractivity contribution in [1.29, 1.82) is 0 Å². The molecule has 0 bridgehead atoms. The van der Waals surface area contributed by atoms with E-state index in [-0.39, 0.29) is 5.41 Å². The normalized spacial score (nSPS) is 12.6. The minimum absolute atomic E-state index is 0.197. The lowest BCUT2D eigenvalue weighted by Gasteiger charge is -2.33. The molecule has 0 aromatic heterocycles. The van der Waals surface area contributed by atoms with Gasteiger partial charge in [-0.3, -0.25) is 0 Å². The minimum Gasteiger partial charge on any atom is -0.493 e. The molecule has 0 aliphatic carbocycles. The summed E-state index contributed by atoms with van der Waals surface area (Å²) in [5.41, 5.74) is 1.93. The molecule has 0 N–H and O–H groups in total. The molecule has 0 aliphatic rings. The van der Waals surface area contributed by atoms with Crippen LogP contribution in [0.4, 0.5) is 0 Å². The zero-order valence-corrected chi connectivity index (χ0v) is 14.6. The van der Waals surface area contributed by atoms with Gasteiger partial charge in [-0.25, -0.2) is 0 Å². The van der Waals surface area contributed by atoms with E-state index in [1.807, 2.05) is 6.92 Å². The number of ether oxygens (including phenoxy) is 1. The van der Waals surface area contributed by atoms with Gasteiger partial charge >= 0.3 is 0 Å². The number of halogens is 1. The third kappa shape index (κ3) is 4.45. The molecule has 0 saturated carbocycles. The van der Waals surface area contributed by atoms with Crippen LogP contribution in [0.1, 0.15) is 53.5 Å². The first kappa shape index (κ1) is 15.8.